The van der Waals surface area contributed by atoms with Crippen molar-refractivity contribution in [2.24, 2.45) is 33.5 Å². The van der Waals surface area contributed by atoms with Gasteiger partial charge in [0.25, 0.3) is 0 Å². The Hall–Kier alpha value is -1.10. The van der Waals surface area contributed by atoms with Gasteiger partial charge in [-0.3, -0.25) is 9.59 Å². The molecular formula is C30H56N2O3. The van der Waals surface area contributed by atoms with E-state index in [4.69, 9.17) is 4.74 Å². The van der Waals surface area contributed by atoms with Crippen molar-refractivity contribution in [3.63, 3.8) is 0 Å². The Bertz CT molecular complexity index is 744. The molecule has 2 fully saturated rings. The number of carbonyl (C=O) groups excluding carboxylic acids is 2. The van der Waals surface area contributed by atoms with Crippen LogP contribution in [0.25, 0.3) is 0 Å². The monoisotopic (exact) mass is 492 g/mol. The zero-order chi connectivity index (χ0) is 27.1. The first kappa shape index (κ1) is 30.1. The van der Waals surface area contributed by atoms with Crippen molar-refractivity contribution in [1.29, 1.82) is 0 Å². The number of nitrogens with zero attached hydrogens (tertiary/aromatic N) is 2. The largest absolute Gasteiger partial charge is 0.376 e. The normalized spacial score (nSPS) is 23.0. The van der Waals surface area contributed by atoms with Crippen molar-refractivity contribution >= 4 is 11.8 Å². The maximum absolute atomic E-state index is 13.5. The zero-order valence-corrected chi connectivity index (χ0v) is 25.2. The Balaban J connectivity index is 2.10. The summed E-state index contributed by atoms with van der Waals surface area (Å²) in [6.07, 6.45) is 3.59. The zero-order valence-electron chi connectivity index (χ0n) is 25.2. The fraction of sp³-hybridized carbons (Fsp3) is 0.933. The molecule has 0 heterocycles. The number of hydrogen-bond donors (Lipinski definition) is 0. The summed E-state index contributed by atoms with van der Waals surface area (Å²) in [6, 6.07) is 0.188. The molecule has 2 aliphatic carbocycles. The van der Waals surface area contributed by atoms with E-state index in [-0.39, 0.29) is 40.8 Å². The molecule has 5 nitrogen and oxygen atoms in total. The number of amides is 2. The van der Waals surface area contributed by atoms with E-state index in [0.29, 0.717) is 18.4 Å². The highest BCUT2D eigenvalue weighted by molar-refractivity contribution is 5.82. The van der Waals surface area contributed by atoms with E-state index in [2.05, 4.69) is 58.3 Å². The third-order valence-corrected chi connectivity index (χ3v) is 7.81. The Morgan fingerprint density at radius 2 is 1.26 bits per heavy atom. The van der Waals surface area contributed by atoms with Crippen LogP contribution in [-0.2, 0) is 14.3 Å². The van der Waals surface area contributed by atoms with E-state index in [1.54, 1.807) is 0 Å². The maximum atomic E-state index is 13.5. The van der Waals surface area contributed by atoms with Crippen molar-refractivity contribution < 1.29 is 14.3 Å². The fourth-order valence-electron chi connectivity index (χ4n) is 4.57. The Kier molecular flexibility index (Phi) is 8.90. The number of carbonyl (C=O) groups is 2. The summed E-state index contributed by atoms with van der Waals surface area (Å²) in [5, 5.41) is 0. The van der Waals surface area contributed by atoms with Crippen LogP contribution in [-0.4, -0.2) is 59.5 Å². The van der Waals surface area contributed by atoms with Crippen molar-refractivity contribution in [3.8, 4) is 0 Å². The van der Waals surface area contributed by atoms with Gasteiger partial charge < -0.3 is 14.5 Å². The third kappa shape index (κ3) is 8.47. The Morgan fingerprint density at radius 1 is 0.771 bits per heavy atom. The van der Waals surface area contributed by atoms with Gasteiger partial charge in [0.1, 0.15) is 0 Å². The van der Waals surface area contributed by atoms with E-state index in [9.17, 15) is 9.59 Å². The second-order valence-electron chi connectivity index (χ2n) is 15.6. The lowest BCUT2D eigenvalue weighted by Gasteiger charge is -2.43. The van der Waals surface area contributed by atoms with Crippen LogP contribution in [0.2, 0.25) is 0 Å². The summed E-state index contributed by atoms with van der Waals surface area (Å²) >= 11 is 0. The predicted molar refractivity (Wildman–Crippen MR) is 145 cm³/mol. The lowest BCUT2D eigenvalue weighted by Crippen LogP contribution is -2.54. The molecule has 2 aliphatic rings. The number of hydrogen-bond acceptors (Lipinski definition) is 3. The van der Waals surface area contributed by atoms with Crippen LogP contribution in [0.4, 0.5) is 0 Å². The van der Waals surface area contributed by atoms with E-state index in [1.807, 2.05) is 41.5 Å². The minimum Gasteiger partial charge on any atom is -0.376 e. The van der Waals surface area contributed by atoms with Gasteiger partial charge in [0.05, 0.1) is 18.8 Å². The van der Waals surface area contributed by atoms with Gasteiger partial charge in [0.15, 0.2) is 0 Å². The highest BCUT2D eigenvalue weighted by atomic mass is 16.5. The lowest BCUT2D eigenvalue weighted by molar-refractivity contribution is -0.148. The quantitative estimate of drug-likeness (QED) is 0.374. The summed E-state index contributed by atoms with van der Waals surface area (Å²) in [5.74, 6) is 1.43. The first-order valence-corrected chi connectivity index (χ1v) is 13.9. The summed E-state index contributed by atoms with van der Waals surface area (Å²) in [4.78, 5) is 31.0. The smallest absolute Gasteiger partial charge is 0.228 e. The molecule has 2 amide bonds. The number of ether oxygens (including phenoxy) is 1. The Morgan fingerprint density at radius 3 is 1.66 bits per heavy atom. The van der Waals surface area contributed by atoms with Crippen LogP contribution >= 0.6 is 0 Å². The average Bonchev–Trinajstić information content (AvgIpc) is 3.57. The highest BCUT2D eigenvalue weighted by Crippen LogP contribution is 2.40. The molecule has 5 heteroatoms. The molecule has 4 atom stereocenters. The number of rotatable bonds is 9. The molecular weight excluding hydrogens is 436 g/mol. The topological polar surface area (TPSA) is 49.9 Å². The van der Waals surface area contributed by atoms with Gasteiger partial charge in [0, 0.05) is 35.9 Å². The third-order valence-electron chi connectivity index (χ3n) is 7.81. The van der Waals surface area contributed by atoms with Crippen LogP contribution in [0.15, 0.2) is 0 Å². The van der Waals surface area contributed by atoms with Gasteiger partial charge >= 0.3 is 0 Å². The van der Waals surface area contributed by atoms with E-state index in [1.165, 1.54) is 12.8 Å². The molecule has 0 saturated heterocycles. The SMILES string of the molecule is C[C@@H](N(CC1CC1OC[C@H](N(CC1CC1)C(=O)C(C)(C)C)C(C)(C)C)C(=O)C(C)(C)C)C(C)(C)C. The van der Waals surface area contributed by atoms with E-state index < -0.39 is 10.8 Å². The molecule has 0 radical (unpaired) electrons. The average molecular weight is 493 g/mol. The van der Waals surface area contributed by atoms with Crippen molar-refractivity contribution in [1.82, 2.24) is 9.80 Å². The second-order valence-corrected chi connectivity index (χ2v) is 15.6. The minimum atomic E-state index is -0.405. The summed E-state index contributed by atoms with van der Waals surface area (Å²) in [5.41, 5.74) is -0.870. The van der Waals surface area contributed by atoms with Crippen LogP contribution in [0.3, 0.4) is 0 Å². The van der Waals surface area contributed by atoms with Gasteiger partial charge in [-0.1, -0.05) is 83.1 Å². The fourth-order valence-corrected chi connectivity index (χ4v) is 4.57. The van der Waals surface area contributed by atoms with Gasteiger partial charge in [-0.05, 0) is 42.9 Å². The first-order chi connectivity index (χ1) is 15.6. The van der Waals surface area contributed by atoms with Crippen LogP contribution < -0.4 is 0 Å². The van der Waals surface area contributed by atoms with E-state index >= 15 is 0 Å². The molecule has 204 valence electrons. The molecule has 0 bridgehead atoms. The molecule has 35 heavy (non-hydrogen) atoms. The van der Waals surface area contributed by atoms with Gasteiger partial charge in [-0.15, -0.1) is 0 Å². The molecule has 2 rings (SSSR count). The molecule has 0 aromatic rings. The standard InChI is InChI=1S/C30H56N2O3/c1-20(27(2,3)4)31(25(33)29(8,9)10)18-22-16-23(22)35-19-24(28(5,6)7)32(17-21-14-15-21)26(34)30(11,12)13/h20-24H,14-19H2,1-13H3/t20-,22?,23?,24+/m1/s1. The Labute approximate surface area is 216 Å². The van der Waals surface area contributed by atoms with Crippen LogP contribution in [0.5, 0.6) is 0 Å². The van der Waals surface area contributed by atoms with E-state index in [0.717, 1.165) is 19.5 Å². The molecule has 0 spiro atoms. The lowest BCUT2D eigenvalue weighted by atomic mass is 9.83. The first-order valence-electron chi connectivity index (χ1n) is 13.9. The van der Waals surface area contributed by atoms with Crippen LogP contribution in [0.1, 0.15) is 109 Å². The molecule has 0 N–H and O–H groups in total. The summed E-state index contributed by atoms with van der Waals surface area (Å²) in [7, 11) is 0. The van der Waals surface area contributed by atoms with Crippen molar-refractivity contribution in [2.45, 2.75) is 127 Å². The highest BCUT2D eigenvalue weighted by Gasteiger charge is 2.46. The summed E-state index contributed by atoms with van der Waals surface area (Å²) < 4.78 is 6.50. The maximum Gasteiger partial charge on any atom is 0.228 e. The van der Waals surface area contributed by atoms with Gasteiger partial charge in [0.2, 0.25) is 11.8 Å². The van der Waals surface area contributed by atoms with Gasteiger partial charge in [-0.25, -0.2) is 0 Å². The molecule has 2 unspecified atom stereocenters. The molecule has 0 aromatic heterocycles. The second kappa shape index (κ2) is 10.3. The van der Waals surface area contributed by atoms with Crippen molar-refractivity contribution in [2.75, 3.05) is 19.7 Å². The minimum absolute atomic E-state index is 0.0140. The predicted octanol–water partition coefficient (Wildman–Crippen LogP) is 6.40. The molecule has 2 saturated carbocycles. The summed E-state index contributed by atoms with van der Waals surface area (Å²) in [6.45, 7) is 29.7. The van der Waals surface area contributed by atoms with Crippen molar-refractivity contribution in [3.05, 3.63) is 0 Å². The molecule has 0 aromatic carbocycles. The van der Waals surface area contributed by atoms with Crippen LogP contribution in [0, 0.1) is 33.5 Å². The molecule has 0 aliphatic heterocycles. The van der Waals surface area contributed by atoms with Gasteiger partial charge in [-0.2, -0.15) is 0 Å².